The van der Waals surface area contributed by atoms with Crippen molar-refractivity contribution in [3.63, 3.8) is 0 Å². The molecule has 0 fully saturated rings. The van der Waals surface area contributed by atoms with Gasteiger partial charge in [-0.3, -0.25) is 4.98 Å². The lowest BCUT2D eigenvalue weighted by Gasteiger charge is -2.03. The number of benzene rings is 1. The van der Waals surface area contributed by atoms with Crippen LogP contribution in [-0.4, -0.2) is 16.1 Å². The van der Waals surface area contributed by atoms with Crippen LogP contribution >= 0.6 is 0 Å². The van der Waals surface area contributed by atoms with Gasteiger partial charge < -0.3 is 5.11 Å². The number of aromatic nitrogens is 1. The number of carbonyl (C=O) groups is 1. The summed E-state index contributed by atoms with van der Waals surface area (Å²) in [6, 6.07) is 11.7. The summed E-state index contributed by atoms with van der Waals surface area (Å²) in [7, 11) is 0. The smallest absolute Gasteiger partial charge is 0.331 e. The molecule has 0 amide bonds. The van der Waals surface area contributed by atoms with Crippen molar-refractivity contribution in [2.75, 3.05) is 0 Å². The molecule has 1 aromatic heterocycles. The van der Waals surface area contributed by atoms with Crippen molar-refractivity contribution >= 4 is 12.0 Å². The Morgan fingerprint density at radius 1 is 1.20 bits per heavy atom. The van der Waals surface area contributed by atoms with Crippen molar-refractivity contribution in [3.8, 4) is 11.3 Å². The molecule has 102 valence electrons. The first-order chi connectivity index (χ1) is 9.60. The van der Waals surface area contributed by atoms with E-state index in [-0.39, 0.29) is 0 Å². The number of carboxylic acids is 1. The predicted molar refractivity (Wildman–Crippen MR) is 80.3 cm³/mol. The van der Waals surface area contributed by atoms with Crippen molar-refractivity contribution in [1.82, 2.24) is 4.98 Å². The van der Waals surface area contributed by atoms with Crippen molar-refractivity contribution < 1.29 is 9.90 Å². The number of rotatable bonds is 4. The molecule has 0 bridgehead atoms. The molecule has 0 saturated carbocycles. The van der Waals surface area contributed by atoms with Gasteiger partial charge in [-0.05, 0) is 36.6 Å². The highest BCUT2D eigenvalue weighted by Gasteiger charge is 2.04. The maximum absolute atomic E-state index is 11.0. The summed E-state index contributed by atoms with van der Waals surface area (Å²) in [5.41, 5.74) is 4.37. The second-order valence-electron chi connectivity index (χ2n) is 4.67. The van der Waals surface area contributed by atoms with Crippen molar-refractivity contribution in [2.24, 2.45) is 0 Å². The highest BCUT2D eigenvalue weighted by Crippen LogP contribution is 2.19. The number of nitrogens with zero attached hydrogens (tertiary/aromatic N) is 1. The lowest BCUT2D eigenvalue weighted by Crippen LogP contribution is -1.98. The maximum Gasteiger partial charge on any atom is 0.331 e. The zero-order valence-corrected chi connectivity index (χ0v) is 11.6. The van der Waals surface area contributed by atoms with Crippen LogP contribution in [0.3, 0.4) is 0 Å². The number of aliphatic carboxylic acids is 1. The van der Waals surface area contributed by atoms with Crippen LogP contribution in [0.5, 0.6) is 0 Å². The molecule has 0 saturated heterocycles. The summed E-state index contributed by atoms with van der Waals surface area (Å²) in [4.78, 5) is 15.4. The van der Waals surface area contributed by atoms with Gasteiger partial charge in [0.2, 0.25) is 0 Å². The molecule has 0 spiro atoms. The minimum absolute atomic E-state index is 0.409. The molecule has 0 aliphatic carbocycles. The van der Waals surface area contributed by atoms with E-state index in [1.165, 1.54) is 0 Å². The van der Waals surface area contributed by atoms with Gasteiger partial charge in [-0.2, -0.15) is 0 Å². The lowest BCUT2D eigenvalue weighted by atomic mass is 10.1. The molecule has 20 heavy (non-hydrogen) atoms. The van der Waals surface area contributed by atoms with Crippen LogP contribution in [0.1, 0.15) is 24.5 Å². The van der Waals surface area contributed by atoms with Gasteiger partial charge in [0, 0.05) is 17.3 Å². The molecule has 1 aromatic carbocycles. The number of hydrogen-bond acceptors (Lipinski definition) is 2. The molecule has 2 aromatic rings. The summed E-state index contributed by atoms with van der Waals surface area (Å²) in [6.07, 6.45) is 4.05. The fraction of sp³-hybridized carbons (Fsp3) is 0.176. The van der Waals surface area contributed by atoms with Gasteiger partial charge in [0.05, 0.1) is 5.69 Å². The Labute approximate surface area is 118 Å². The van der Waals surface area contributed by atoms with E-state index in [2.05, 4.69) is 4.98 Å². The molecule has 0 aliphatic rings. The second kappa shape index (κ2) is 6.15. The van der Waals surface area contributed by atoms with Gasteiger partial charge in [0.1, 0.15) is 0 Å². The molecule has 0 unspecified atom stereocenters. The molecule has 2 rings (SSSR count). The summed E-state index contributed by atoms with van der Waals surface area (Å²) in [6.45, 7) is 3.84. The average molecular weight is 267 g/mol. The zero-order chi connectivity index (χ0) is 14.5. The van der Waals surface area contributed by atoms with E-state index in [1.807, 2.05) is 56.4 Å². The van der Waals surface area contributed by atoms with Gasteiger partial charge in [0.25, 0.3) is 0 Å². The van der Waals surface area contributed by atoms with Crippen molar-refractivity contribution in [2.45, 2.75) is 20.3 Å². The molecule has 1 N–H and O–H groups in total. The first kappa shape index (κ1) is 14.0. The van der Waals surface area contributed by atoms with Crippen LogP contribution in [-0.2, 0) is 4.79 Å². The van der Waals surface area contributed by atoms with Gasteiger partial charge in [-0.25, -0.2) is 4.79 Å². The van der Waals surface area contributed by atoms with E-state index in [4.69, 9.17) is 5.11 Å². The minimum Gasteiger partial charge on any atom is -0.478 e. The SMILES string of the molecule is CCC(=Cc1ccc(-c2ccc(C)cn2)cc1)C(=O)O. The molecule has 0 atom stereocenters. The fourth-order valence-electron chi connectivity index (χ4n) is 1.90. The Bertz CT molecular complexity index is 625. The molecule has 1 heterocycles. The third-order valence-electron chi connectivity index (χ3n) is 3.11. The van der Waals surface area contributed by atoms with Crippen molar-refractivity contribution in [3.05, 3.63) is 59.3 Å². The first-order valence-corrected chi connectivity index (χ1v) is 6.57. The Morgan fingerprint density at radius 3 is 2.40 bits per heavy atom. The zero-order valence-electron chi connectivity index (χ0n) is 11.6. The van der Waals surface area contributed by atoms with Crippen LogP contribution in [0.2, 0.25) is 0 Å². The summed E-state index contributed by atoms with van der Waals surface area (Å²) in [5, 5.41) is 9.01. The average Bonchev–Trinajstić information content (AvgIpc) is 2.46. The number of hydrogen-bond donors (Lipinski definition) is 1. The Kier molecular flexibility index (Phi) is 4.31. The van der Waals surface area contributed by atoms with Crippen LogP contribution < -0.4 is 0 Å². The Balaban J connectivity index is 2.26. The fourth-order valence-corrected chi connectivity index (χ4v) is 1.90. The van der Waals surface area contributed by atoms with E-state index in [1.54, 1.807) is 6.08 Å². The highest BCUT2D eigenvalue weighted by atomic mass is 16.4. The first-order valence-electron chi connectivity index (χ1n) is 6.57. The van der Waals surface area contributed by atoms with E-state index >= 15 is 0 Å². The summed E-state index contributed by atoms with van der Waals surface area (Å²) in [5.74, 6) is -0.864. The van der Waals surface area contributed by atoms with Crippen LogP contribution in [0.25, 0.3) is 17.3 Å². The molecule has 0 radical (unpaired) electrons. The van der Waals surface area contributed by atoms with Gasteiger partial charge >= 0.3 is 5.97 Å². The topological polar surface area (TPSA) is 50.2 Å². The van der Waals surface area contributed by atoms with Crippen LogP contribution in [0.15, 0.2) is 48.2 Å². The van der Waals surface area contributed by atoms with E-state index < -0.39 is 5.97 Å². The third-order valence-corrected chi connectivity index (χ3v) is 3.11. The van der Waals surface area contributed by atoms with E-state index in [0.29, 0.717) is 12.0 Å². The van der Waals surface area contributed by atoms with Gasteiger partial charge in [0.15, 0.2) is 0 Å². The monoisotopic (exact) mass is 267 g/mol. The normalized spacial score (nSPS) is 11.4. The number of carboxylic acid groups (broad SMARTS) is 1. The number of pyridine rings is 1. The van der Waals surface area contributed by atoms with Crippen LogP contribution in [0.4, 0.5) is 0 Å². The predicted octanol–water partition coefficient (Wildman–Crippen LogP) is 3.94. The molecule has 3 nitrogen and oxygen atoms in total. The van der Waals surface area contributed by atoms with Crippen LogP contribution in [0, 0.1) is 6.92 Å². The Hall–Kier alpha value is -2.42. The highest BCUT2D eigenvalue weighted by molar-refractivity contribution is 5.92. The second-order valence-corrected chi connectivity index (χ2v) is 4.67. The maximum atomic E-state index is 11.0. The summed E-state index contributed by atoms with van der Waals surface area (Å²) < 4.78 is 0. The van der Waals surface area contributed by atoms with Crippen molar-refractivity contribution in [1.29, 1.82) is 0 Å². The van der Waals surface area contributed by atoms with E-state index in [9.17, 15) is 4.79 Å². The molecular formula is C17H17NO2. The van der Waals surface area contributed by atoms with E-state index in [0.717, 1.165) is 22.4 Å². The van der Waals surface area contributed by atoms with Gasteiger partial charge in [-0.1, -0.05) is 37.3 Å². The summed E-state index contributed by atoms with van der Waals surface area (Å²) >= 11 is 0. The number of aryl methyl sites for hydroxylation is 1. The van der Waals surface area contributed by atoms with Gasteiger partial charge in [-0.15, -0.1) is 0 Å². The third kappa shape index (κ3) is 3.32. The molecule has 0 aliphatic heterocycles. The molecular weight excluding hydrogens is 250 g/mol. The largest absolute Gasteiger partial charge is 0.478 e. The standard InChI is InChI=1S/C17H17NO2/c1-3-14(17(19)20)10-13-5-7-15(8-6-13)16-9-4-12(2)11-18-16/h4-11H,3H2,1-2H3,(H,19,20). The minimum atomic E-state index is -0.864. The quantitative estimate of drug-likeness (QED) is 0.854. The molecule has 3 heteroatoms. The lowest BCUT2D eigenvalue weighted by molar-refractivity contribution is -0.132. The Morgan fingerprint density at radius 2 is 1.90 bits per heavy atom.